The van der Waals surface area contributed by atoms with Crippen LogP contribution in [0.4, 0.5) is 25.1 Å². The summed E-state index contributed by atoms with van der Waals surface area (Å²) in [5, 5.41) is 15.8. The van der Waals surface area contributed by atoms with Crippen molar-refractivity contribution < 1.29 is 13.6 Å². The summed E-state index contributed by atoms with van der Waals surface area (Å²) in [6, 6.07) is 3.76. The zero-order valence-electron chi connectivity index (χ0n) is 27.0. The van der Waals surface area contributed by atoms with Gasteiger partial charge in [0.1, 0.15) is 0 Å². The van der Waals surface area contributed by atoms with Gasteiger partial charge in [-0.1, -0.05) is 0 Å². The van der Waals surface area contributed by atoms with Crippen molar-refractivity contribution in [1.82, 2.24) is 44.9 Å². The number of nitrogens with zero attached hydrogens (tertiary/aromatic N) is 8. The number of piperidine rings is 1. The van der Waals surface area contributed by atoms with Crippen molar-refractivity contribution in [3.8, 4) is 11.1 Å². The number of fused-ring (bicyclic) bond motifs is 2. The van der Waals surface area contributed by atoms with Crippen LogP contribution in [-0.4, -0.2) is 113 Å². The van der Waals surface area contributed by atoms with E-state index in [0.29, 0.717) is 30.8 Å². The van der Waals surface area contributed by atoms with Crippen molar-refractivity contribution in [3.05, 3.63) is 46.9 Å². The zero-order chi connectivity index (χ0) is 31.8. The molecule has 4 aliphatic rings. The number of carbonyl (C=O) groups is 1. The Bertz CT molecular complexity index is 1540. The van der Waals surface area contributed by atoms with Gasteiger partial charge in [-0.2, -0.15) is 10.2 Å². The Balaban J connectivity index is 1.19. The molecule has 248 valence electrons. The van der Waals surface area contributed by atoms with E-state index in [4.69, 9.17) is 5.10 Å². The summed E-state index contributed by atoms with van der Waals surface area (Å²) in [6.45, 7) is 10.4. The van der Waals surface area contributed by atoms with Crippen molar-refractivity contribution >= 4 is 17.5 Å². The second-order valence-corrected chi connectivity index (χ2v) is 13.1. The lowest BCUT2D eigenvalue weighted by atomic mass is 9.92. The number of amides is 2. The van der Waals surface area contributed by atoms with E-state index >= 15 is 0 Å². The van der Waals surface area contributed by atoms with Crippen molar-refractivity contribution in [2.75, 3.05) is 77.4 Å². The third kappa shape index (κ3) is 6.12. The topological polar surface area (TPSA) is 89.7 Å². The predicted octanol–water partition coefficient (Wildman–Crippen LogP) is 3.55. The third-order valence-electron chi connectivity index (χ3n) is 10.3. The van der Waals surface area contributed by atoms with Crippen molar-refractivity contribution in [2.45, 2.75) is 51.1 Å². The van der Waals surface area contributed by atoms with E-state index in [9.17, 15) is 13.6 Å². The molecule has 4 aliphatic heterocycles. The standard InChI is InChI=1S/C33H46F2N10O/c1-36-33(46)43-13-7-29-28(22-43)32(39-45(29)25-5-11-41(12-6-25)16-17-42-14-8-37-9-15-42)44-10-3-4-23-18-26(24-20-38-40(2)21-24)27(31(34)35)19-30(23)44/h18-21,25,31,37H,3-17,22H2,1-2H3,(H,36,46). The maximum atomic E-state index is 14.6. The van der Waals surface area contributed by atoms with Gasteiger partial charge in [-0.3, -0.25) is 14.3 Å². The van der Waals surface area contributed by atoms with Gasteiger partial charge in [-0.15, -0.1) is 0 Å². The summed E-state index contributed by atoms with van der Waals surface area (Å²) in [6.07, 6.45) is 5.27. The Morgan fingerprint density at radius 3 is 2.50 bits per heavy atom. The molecule has 0 radical (unpaired) electrons. The number of aryl methyl sites for hydroxylation is 2. The molecule has 7 rings (SSSR count). The highest BCUT2D eigenvalue weighted by atomic mass is 19.3. The van der Waals surface area contributed by atoms with E-state index in [1.54, 1.807) is 37.2 Å². The third-order valence-corrected chi connectivity index (χ3v) is 10.3. The van der Waals surface area contributed by atoms with Crippen LogP contribution in [-0.2, 0) is 26.4 Å². The summed E-state index contributed by atoms with van der Waals surface area (Å²) >= 11 is 0. The van der Waals surface area contributed by atoms with Crippen LogP contribution in [0.25, 0.3) is 11.1 Å². The number of alkyl halides is 2. The quantitative estimate of drug-likeness (QED) is 0.410. The summed E-state index contributed by atoms with van der Waals surface area (Å²) < 4.78 is 33.1. The second-order valence-electron chi connectivity index (χ2n) is 13.1. The first kappa shape index (κ1) is 31.1. The number of nitrogens with one attached hydrogen (secondary N) is 2. The van der Waals surface area contributed by atoms with E-state index in [2.05, 4.69) is 35.1 Å². The molecule has 0 bridgehead atoms. The highest BCUT2D eigenvalue weighted by Crippen LogP contribution is 2.43. The minimum absolute atomic E-state index is 0.00660. The number of hydrogen-bond acceptors (Lipinski definition) is 7. The van der Waals surface area contributed by atoms with Crippen LogP contribution in [0.1, 0.15) is 54.1 Å². The molecule has 0 aliphatic carbocycles. The van der Waals surface area contributed by atoms with E-state index in [1.807, 2.05) is 11.0 Å². The van der Waals surface area contributed by atoms with Gasteiger partial charge in [0.15, 0.2) is 5.82 Å². The fourth-order valence-corrected chi connectivity index (χ4v) is 7.74. The van der Waals surface area contributed by atoms with Gasteiger partial charge in [0.25, 0.3) is 6.43 Å². The number of halogens is 2. The van der Waals surface area contributed by atoms with Crippen molar-refractivity contribution in [2.24, 2.45) is 7.05 Å². The van der Waals surface area contributed by atoms with E-state index < -0.39 is 6.43 Å². The minimum Gasteiger partial charge on any atom is -0.341 e. The number of benzene rings is 1. The molecule has 2 aromatic heterocycles. The largest absolute Gasteiger partial charge is 0.341 e. The summed E-state index contributed by atoms with van der Waals surface area (Å²) in [7, 11) is 3.45. The van der Waals surface area contributed by atoms with Crippen LogP contribution in [0.2, 0.25) is 0 Å². The molecule has 0 unspecified atom stereocenters. The SMILES string of the molecule is CNC(=O)N1CCc2c(c(N3CCCc4cc(-c5cnn(C)c5)c(C(F)F)cc43)nn2C2CCN(CCN3CCNCC3)CC2)C1. The van der Waals surface area contributed by atoms with Gasteiger partial charge in [-0.05, 0) is 48.9 Å². The molecule has 0 atom stereocenters. The molecule has 2 fully saturated rings. The van der Waals surface area contributed by atoms with Gasteiger partial charge in [0.05, 0.1) is 18.8 Å². The monoisotopic (exact) mass is 636 g/mol. The Hall–Kier alpha value is -3.55. The summed E-state index contributed by atoms with van der Waals surface area (Å²) in [5.74, 6) is 0.806. The van der Waals surface area contributed by atoms with Crippen molar-refractivity contribution in [1.29, 1.82) is 0 Å². The molecule has 2 saturated heterocycles. The van der Waals surface area contributed by atoms with Crippen LogP contribution < -0.4 is 15.5 Å². The lowest BCUT2D eigenvalue weighted by molar-refractivity contribution is 0.145. The van der Waals surface area contributed by atoms with E-state index in [0.717, 1.165) is 107 Å². The molecular formula is C33H46F2N10O. The van der Waals surface area contributed by atoms with Gasteiger partial charge < -0.3 is 25.3 Å². The predicted molar refractivity (Wildman–Crippen MR) is 174 cm³/mol. The maximum absolute atomic E-state index is 14.6. The van der Waals surface area contributed by atoms with Gasteiger partial charge in [-0.25, -0.2) is 13.6 Å². The molecule has 1 aromatic carbocycles. The number of carbonyl (C=O) groups excluding carboxylic acids is 1. The van der Waals surface area contributed by atoms with E-state index in [1.165, 1.54) is 5.69 Å². The molecule has 46 heavy (non-hydrogen) atoms. The van der Waals surface area contributed by atoms with Crippen LogP contribution in [0.5, 0.6) is 0 Å². The fourth-order valence-electron chi connectivity index (χ4n) is 7.74. The van der Waals surface area contributed by atoms with Crippen LogP contribution in [0.3, 0.4) is 0 Å². The highest BCUT2D eigenvalue weighted by Gasteiger charge is 2.35. The Labute approximate surface area is 269 Å². The van der Waals surface area contributed by atoms with Crippen molar-refractivity contribution in [3.63, 3.8) is 0 Å². The highest BCUT2D eigenvalue weighted by molar-refractivity contribution is 5.78. The Morgan fingerprint density at radius 2 is 1.80 bits per heavy atom. The number of anilines is 2. The molecule has 0 spiro atoms. The lowest BCUT2D eigenvalue weighted by Gasteiger charge is -2.35. The van der Waals surface area contributed by atoms with Gasteiger partial charge in [0, 0.05) is 120 Å². The average Bonchev–Trinajstić information content (AvgIpc) is 3.70. The first-order chi connectivity index (χ1) is 22.4. The zero-order valence-corrected chi connectivity index (χ0v) is 27.0. The number of rotatable bonds is 7. The number of piperazine rings is 1. The number of aromatic nitrogens is 4. The van der Waals surface area contributed by atoms with Crippen LogP contribution >= 0.6 is 0 Å². The molecule has 0 saturated carbocycles. The summed E-state index contributed by atoms with van der Waals surface area (Å²) in [4.78, 5) is 21.8. The fraction of sp³-hybridized carbons (Fsp3) is 0.606. The van der Waals surface area contributed by atoms with Gasteiger partial charge >= 0.3 is 6.03 Å². The number of urea groups is 1. The molecule has 6 heterocycles. The molecule has 13 heteroatoms. The first-order valence-corrected chi connectivity index (χ1v) is 16.8. The molecule has 2 N–H and O–H groups in total. The number of hydrogen-bond donors (Lipinski definition) is 2. The maximum Gasteiger partial charge on any atom is 0.317 e. The molecule has 11 nitrogen and oxygen atoms in total. The normalized spacial score (nSPS) is 19.8. The smallest absolute Gasteiger partial charge is 0.317 e. The molecule has 3 aromatic rings. The Morgan fingerprint density at radius 1 is 1.04 bits per heavy atom. The average molecular weight is 637 g/mol. The lowest BCUT2D eigenvalue weighted by Crippen LogP contribution is -2.47. The first-order valence-electron chi connectivity index (χ1n) is 16.8. The van der Waals surface area contributed by atoms with Gasteiger partial charge in [0.2, 0.25) is 0 Å². The Kier molecular flexibility index (Phi) is 8.97. The molecular weight excluding hydrogens is 590 g/mol. The van der Waals surface area contributed by atoms with Crippen LogP contribution in [0, 0.1) is 0 Å². The van der Waals surface area contributed by atoms with E-state index in [-0.39, 0.29) is 17.6 Å². The second kappa shape index (κ2) is 13.3. The number of likely N-dealkylation sites (tertiary alicyclic amines) is 1. The molecule has 2 amide bonds. The minimum atomic E-state index is -2.63. The summed E-state index contributed by atoms with van der Waals surface area (Å²) in [5.41, 5.74) is 5.29. The van der Waals surface area contributed by atoms with Crippen LogP contribution in [0.15, 0.2) is 24.5 Å².